The number of piperidine rings is 1. The standard InChI is InChI=1S/C18H24FN3O3/c19-15-5-2-1-4-14(15)12-22-9-3-7-18(25,17(22)24)13-21-10-6-16(23)20-8-11-21/h1-2,4-5,25H,3,6-13H2,(H,20,23). The Labute approximate surface area is 146 Å². The molecule has 6 nitrogen and oxygen atoms in total. The molecule has 2 N–H and O–H groups in total. The Morgan fingerprint density at radius 1 is 1.20 bits per heavy atom. The van der Waals surface area contributed by atoms with Crippen LogP contribution in [0.4, 0.5) is 4.39 Å². The summed E-state index contributed by atoms with van der Waals surface area (Å²) >= 11 is 0. The number of rotatable bonds is 4. The molecule has 2 heterocycles. The summed E-state index contributed by atoms with van der Waals surface area (Å²) in [5.41, 5.74) is -1.03. The lowest BCUT2D eigenvalue weighted by Crippen LogP contribution is -2.58. The van der Waals surface area contributed by atoms with Gasteiger partial charge < -0.3 is 15.3 Å². The van der Waals surface area contributed by atoms with E-state index in [0.717, 1.165) is 0 Å². The van der Waals surface area contributed by atoms with E-state index < -0.39 is 5.60 Å². The summed E-state index contributed by atoms with van der Waals surface area (Å²) in [7, 11) is 0. The first-order valence-corrected chi connectivity index (χ1v) is 8.72. The van der Waals surface area contributed by atoms with Gasteiger partial charge in [-0.15, -0.1) is 0 Å². The molecule has 2 aliphatic rings. The minimum Gasteiger partial charge on any atom is -0.379 e. The van der Waals surface area contributed by atoms with Gasteiger partial charge in [0.2, 0.25) is 5.91 Å². The number of amides is 2. The van der Waals surface area contributed by atoms with E-state index in [1.807, 2.05) is 4.90 Å². The van der Waals surface area contributed by atoms with Crippen LogP contribution in [0.25, 0.3) is 0 Å². The first-order valence-electron chi connectivity index (χ1n) is 8.72. The lowest BCUT2D eigenvalue weighted by atomic mass is 9.90. The van der Waals surface area contributed by atoms with E-state index in [1.165, 1.54) is 11.0 Å². The summed E-state index contributed by atoms with van der Waals surface area (Å²) in [4.78, 5) is 27.8. The summed E-state index contributed by atoms with van der Waals surface area (Å²) in [6, 6.07) is 6.38. The molecule has 0 aliphatic carbocycles. The quantitative estimate of drug-likeness (QED) is 0.830. The van der Waals surface area contributed by atoms with Crippen LogP contribution in [0.5, 0.6) is 0 Å². The zero-order valence-electron chi connectivity index (χ0n) is 14.2. The molecule has 0 spiro atoms. The second-order valence-electron chi connectivity index (χ2n) is 6.83. The van der Waals surface area contributed by atoms with Crippen molar-refractivity contribution in [3.8, 4) is 0 Å². The molecule has 3 rings (SSSR count). The van der Waals surface area contributed by atoms with Crippen LogP contribution >= 0.6 is 0 Å². The van der Waals surface area contributed by atoms with Crippen LogP contribution in [0, 0.1) is 5.82 Å². The molecule has 2 saturated heterocycles. The molecule has 2 aliphatic heterocycles. The summed E-state index contributed by atoms with van der Waals surface area (Å²) < 4.78 is 13.9. The second-order valence-corrected chi connectivity index (χ2v) is 6.83. The minimum atomic E-state index is -1.48. The number of hydrogen-bond donors (Lipinski definition) is 2. The normalized spacial score (nSPS) is 25.6. The van der Waals surface area contributed by atoms with Crippen molar-refractivity contribution in [2.75, 3.05) is 32.7 Å². The van der Waals surface area contributed by atoms with Crippen LogP contribution in [0.1, 0.15) is 24.8 Å². The molecular formula is C18H24FN3O3. The van der Waals surface area contributed by atoms with Gasteiger partial charge in [-0.1, -0.05) is 18.2 Å². The zero-order chi connectivity index (χ0) is 17.9. The molecule has 0 bridgehead atoms. The number of carbonyl (C=O) groups excluding carboxylic acids is 2. The van der Waals surface area contributed by atoms with Gasteiger partial charge in [0, 0.05) is 51.3 Å². The zero-order valence-corrected chi connectivity index (χ0v) is 14.2. The van der Waals surface area contributed by atoms with Crippen molar-refractivity contribution in [1.29, 1.82) is 0 Å². The molecule has 2 fully saturated rings. The summed E-state index contributed by atoms with van der Waals surface area (Å²) in [5.74, 6) is -0.710. The highest BCUT2D eigenvalue weighted by Gasteiger charge is 2.43. The fraction of sp³-hybridized carbons (Fsp3) is 0.556. The largest absolute Gasteiger partial charge is 0.379 e. The topological polar surface area (TPSA) is 72.9 Å². The van der Waals surface area contributed by atoms with Gasteiger partial charge in [0.1, 0.15) is 5.82 Å². The summed E-state index contributed by atoms with van der Waals surface area (Å²) in [6.45, 7) is 2.52. The van der Waals surface area contributed by atoms with Crippen molar-refractivity contribution in [3.05, 3.63) is 35.6 Å². The summed E-state index contributed by atoms with van der Waals surface area (Å²) in [5, 5.41) is 13.7. The van der Waals surface area contributed by atoms with E-state index in [-0.39, 0.29) is 30.7 Å². The number of nitrogens with one attached hydrogen (secondary N) is 1. The van der Waals surface area contributed by atoms with Crippen LogP contribution in [0.2, 0.25) is 0 Å². The van der Waals surface area contributed by atoms with Crippen LogP contribution in [0.15, 0.2) is 24.3 Å². The van der Waals surface area contributed by atoms with Crippen LogP contribution in [-0.2, 0) is 16.1 Å². The van der Waals surface area contributed by atoms with Crippen LogP contribution < -0.4 is 5.32 Å². The maximum atomic E-state index is 13.9. The van der Waals surface area contributed by atoms with Gasteiger partial charge in [-0.05, 0) is 18.9 Å². The van der Waals surface area contributed by atoms with Crippen molar-refractivity contribution in [2.45, 2.75) is 31.4 Å². The van der Waals surface area contributed by atoms with Gasteiger partial charge in [-0.25, -0.2) is 4.39 Å². The molecule has 7 heteroatoms. The summed E-state index contributed by atoms with van der Waals surface area (Å²) in [6.07, 6.45) is 1.42. The van der Waals surface area contributed by atoms with E-state index >= 15 is 0 Å². The highest BCUT2D eigenvalue weighted by Crippen LogP contribution is 2.26. The van der Waals surface area contributed by atoms with E-state index in [4.69, 9.17) is 0 Å². The van der Waals surface area contributed by atoms with Gasteiger partial charge in [0.05, 0.1) is 0 Å². The average molecular weight is 349 g/mol. The number of benzene rings is 1. The third-order valence-electron chi connectivity index (χ3n) is 4.91. The van der Waals surface area contributed by atoms with Crippen molar-refractivity contribution in [1.82, 2.24) is 15.1 Å². The van der Waals surface area contributed by atoms with Gasteiger partial charge >= 0.3 is 0 Å². The maximum Gasteiger partial charge on any atom is 0.256 e. The first kappa shape index (κ1) is 17.8. The number of aliphatic hydroxyl groups is 1. The molecule has 136 valence electrons. The lowest BCUT2D eigenvalue weighted by Gasteiger charge is -2.40. The molecular weight excluding hydrogens is 325 g/mol. The molecule has 2 amide bonds. The molecule has 0 radical (unpaired) electrons. The van der Waals surface area contributed by atoms with Crippen molar-refractivity contribution >= 4 is 11.8 Å². The second kappa shape index (κ2) is 7.49. The van der Waals surface area contributed by atoms with Crippen molar-refractivity contribution < 1.29 is 19.1 Å². The molecule has 0 aromatic heterocycles. The predicted molar refractivity (Wildman–Crippen MR) is 90.1 cm³/mol. The Morgan fingerprint density at radius 2 is 2.00 bits per heavy atom. The highest BCUT2D eigenvalue weighted by molar-refractivity contribution is 5.86. The fourth-order valence-corrected chi connectivity index (χ4v) is 3.54. The van der Waals surface area contributed by atoms with E-state index in [2.05, 4.69) is 5.32 Å². The Kier molecular flexibility index (Phi) is 5.34. The van der Waals surface area contributed by atoms with E-state index in [9.17, 15) is 19.1 Å². The van der Waals surface area contributed by atoms with Gasteiger partial charge in [0.25, 0.3) is 5.91 Å². The van der Waals surface area contributed by atoms with E-state index in [1.54, 1.807) is 18.2 Å². The number of likely N-dealkylation sites (tertiary alicyclic amines) is 1. The lowest BCUT2D eigenvalue weighted by molar-refractivity contribution is -0.160. The predicted octanol–water partition coefficient (Wildman–Crippen LogP) is 0.501. The first-order chi connectivity index (χ1) is 12.0. The third-order valence-corrected chi connectivity index (χ3v) is 4.91. The molecule has 1 aromatic rings. The molecule has 0 saturated carbocycles. The van der Waals surface area contributed by atoms with Crippen LogP contribution in [-0.4, -0.2) is 65.0 Å². The number of halogens is 1. The van der Waals surface area contributed by atoms with Gasteiger partial charge in [0.15, 0.2) is 5.60 Å². The van der Waals surface area contributed by atoms with E-state index in [0.29, 0.717) is 51.0 Å². The Morgan fingerprint density at radius 3 is 2.80 bits per heavy atom. The molecule has 25 heavy (non-hydrogen) atoms. The van der Waals surface area contributed by atoms with Crippen molar-refractivity contribution in [3.63, 3.8) is 0 Å². The molecule has 1 aromatic carbocycles. The minimum absolute atomic E-state index is 0.00867. The Balaban J connectivity index is 1.68. The smallest absolute Gasteiger partial charge is 0.256 e. The average Bonchev–Trinajstić information content (AvgIpc) is 2.78. The third kappa shape index (κ3) is 4.16. The maximum absolute atomic E-state index is 13.9. The fourth-order valence-electron chi connectivity index (χ4n) is 3.54. The van der Waals surface area contributed by atoms with Crippen molar-refractivity contribution in [2.24, 2.45) is 0 Å². The number of carbonyl (C=O) groups is 2. The molecule has 1 atom stereocenters. The number of nitrogens with zero attached hydrogens (tertiary/aromatic N) is 2. The number of β-amino-alcohol motifs (C(OH)–C–C–N with tert-alkyl or cyclic N) is 1. The Hall–Kier alpha value is -1.99. The van der Waals surface area contributed by atoms with Crippen LogP contribution in [0.3, 0.4) is 0 Å². The molecule has 1 unspecified atom stereocenters. The van der Waals surface area contributed by atoms with Gasteiger partial charge in [-0.2, -0.15) is 0 Å². The monoisotopic (exact) mass is 349 g/mol. The highest BCUT2D eigenvalue weighted by atomic mass is 19.1. The SMILES string of the molecule is O=C1CCN(CC2(O)CCCN(Cc3ccccc3F)C2=O)CCN1. The number of hydrogen-bond acceptors (Lipinski definition) is 4. The Bertz CT molecular complexity index is 654. The van der Waals surface area contributed by atoms with Gasteiger partial charge in [-0.3, -0.25) is 14.5 Å².